The van der Waals surface area contributed by atoms with Crippen LogP contribution in [0.2, 0.25) is 0 Å². The van der Waals surface area contributed by atoms with Gasteiger partial charge in [-0.15, -0.1) is 0 Å². The van der Waals surface area contributed by atoms with Crippen molar-refractivity contribution in [3.63, 3.8) is 0 Å². The van der Waals surface area contributed by atoms with Gasteiger partial charge in [-0.05, 0) is 91.1 Å². The van der Waals surface area contributed by atoms with Crippen molar-refractivity contribution in [3.05, 3.63) is 120 Å². The van der Waals surface area contributed by atoms with E-state index in [4.69, 9.17) is 31.7 Å². The lowest BCUT2D eigenvalue weighted by Gasteiger charge is -2.32. The molecule has 0 N–H and O–H groups in total. The smallest absolute Gasteiger partial charge is 0.399 e. The summed E-state index contributed by atoms with van der Waals surface area (Å²) in [7, 11) is 188. The molecule has 3 nitrogen and oxygen atoms in total. The van der Waals surface area contributed by atoms with Gasteiger partial charge in [0.15, 0.2) is 0 Å². The summed E-state index contributed by atoms with van der Waals surface area (Å²) >= 11 is 9.66. The summed E-state index contributed by atoms with van der Waals surface area (Å²) in [4.78, 5) is 2.38. The molecule has 1 aliphatic carbocycles. The van der Waals surface area contributed by atoms with Gasteiger partial charge in [0.25, 0.3) is 0 Å². The average Bonchev–Trinajstić information content (AvgIpc) is 1.58. The van der Waals surface area contributed by atoms with E-state index in [9.17, 15) is 0 Å². The Hall–Kier alpha value is 19.5. The fraction of sp³-hybridized carbons (Fsp3) is 0.243. The fourth-order valence-electron chi connectivity index (χ4n) is 7.67. The molecule has 7 rings (SSSR count). The molecule has 147 heavy (non-hydrogen) atoms. The molecular weight excluding hydrogens is 3900 g/mol. The van der Waals surface area contributed by atoms with Crippen molar-refractivity contribution in [2.24, 2.45) is 0 Å². The monoisotopic (exact) mass is 3930 g/mol. The largest absolute Gasteiger partial charge is 0.495 e. The van der Waals surface area contributed by atoms with Gasteiger partial charge in [-0.3, -0.25) is 0 Å². The lowest BCUT2D eigenvalue weighted by atomic mass is 9.75. The third-order valence-corrected chi connectivity index (χ3v) is 241. The van der Waals surface area contributed by atoms with Gasteiger partial charge in [-0.1, -0.05) is 92.7 Å². The van der Waals surface area contributed by atoms with Crippen molar-refractivity contribution < 1.29 is 9.31 Å². The minimum absolute atomic E-state index is 0.0764. The van der Waals surface area contributed by atoms with Crippen LogP contribution in [-0.4, -0.2) is 18.3 Å². The predicted molar refractivity (Wildman–Crippen MR) is 953 cm³/mol. The number of hydrogen-bond acceptors (Lipinski definition) is 5. The van der Waals surface area contributed by atoms with E-state index in [0.717, 1.165) is 33.3 Å². The van der Waals surface area contributed by atoms with Gasteiger partial charge in [0.1, 0.15) is 0 Å². The summed E-state index contributed by atoms with van der Waals surface area (Å²) in [6.07, 6.45) is 0. The Labute approximate surface area is 1160 Å². The molecule has 5 aromatic carbocycles. The molecule has 1 fully saturated rings. The van der Waals surface area contributed by atoms with Crippen molar-refractivity contribution >= 4 is 986 Å². The molecule has 0 bridgehead atoms. The molecule has 0 saturated carbocycles. The summed E-state index contributed by atoms with van der Waals surface area (Å²) in [5, 5.41) is 2.30. The Bertz CT molecular complexity index is 10900. The van der Waals surface area contributed by atoms with E-state index >= 15 is 0 Å². The summed E-state index contributed by atoms with van der Waals surface area (Å²) < 4.78 is 13.0. The maximum Gasteiger partial charge on any atom is 0.495 e. The second-order valence-electron chi connectivity index (χ2n) is 20.0. The summed E-state index contributed by atoms with van der Waals surface area (Å²) in [6.45, 7) is 13.1. The van der Waals surface area contributed by atoms with Crippen LogP contribution in [0, 0.1) is 0 Å². The van der Waals surface area contributed by atoms with Crippen LogP contribution in [0.3, 0.4) is 0 Å². The lowest BCUT2D eigenvalue weighted by Crippen LogP contribution is -2.41. The number of hydrogen-bond donors (Lipinski definition) is 0. The highest BCUT2D eigenvalue weighted by atomic mass is 33.6. The molecule has 1 aliphatic heterocycles. The molecule has 0 unspecified atom stereocenters. The number of anilines is 3. The van der Waals surface area contributed by atoms with Gasteiger partial charge in [-0.25, -0.2) is 0 Å². The first-order valence-electron chi connectivity index (χ1n) is 32.1. The predicted octanol–water partition coefficient (Wildman–Crippen LogP) is 8.66. The second-order valence-corrected chi connectivity index (χ2v) is 204. The van der Waals surface area contributed by atoms with E-state index in [1.807, 2.05) is 799 Å². The van der Waals surface area contributed by atoms with Crippen molar-refractivity contribution in [1.82, 2.24) is 0 Å². The normalized spacial score (nSPS) is 10.7. The zero-order valence-electron chi connectivity index (χ0n) is 68.0. The first-order valence-corrected chi connectivity index (χ1v) is 172. The SMILES string of the molecule is CC1(C)c2ccccc2-c2ccc(N(c3ccccc3)c3ccc(B4OC(C)(C)C(C)(C)O4)c4ccccc34)cc21.S=S=S=S=S=S=S=S=S=S=S=S=S=S=S=S=S=S=S=S=S=S=S=S=S=S=S=S=S=S=S=S=S=S=S=S=S=S=S=S=S=S=S=S=S=S=S=S=S=S=S=S=S=S=S=S=S=S=S=S=S=S=S=S=S=S=S=S=S=S=S=S=S=S=S=S=S=S=S=S=S=S=S=S=S=S=S=S=S=S=S=S=S=S=S=S=S=S=S=S=S=S=S=S=S=S. The van der Waals surface area contributed by atoms with Crippen molar-refractivity contribution in [2.45, 2.75) is 58.2 Å². The number of para-hydroxylation sites is 1. The van der Waals surface area contributed by atoms with Crippen LogP contribution in [0.15, 0.2) is 109 Å². The van der Waals surface area contributed by atoms with E-state index < -0.39 is 18.3 Å². The average molecular weight is 3940 g/mol. The molecule has 110 heteroatoms. The molecular formula is C37H36BNO2S106. The van der Waals surface area contributed by atoms with Gasteiger partial charge < -0.3 is 14.2 Å². The molecule has 5 aromatic rings. The minimum atomic E-state index is -0.427. The van der Waals surface area contributed by atoms with Gasteiger partial charge in [0.05, 0.1) is 16.9 Å². The molecule has 2 aliphatic rings. The fourth-order valence-corrected chi connectivity index (χ4v) is 288. The zero-order valence-corrected chi connectivity index (χ0v) is 155. The highest BCUT2D eigenvalue weighted by molar-refractivity contribution is 8.88. The molecule has 840 valence electrons. The quantitative estimate of drug-likeness (QED) is 0.168. The van der Waals surface area contributed by atoms with E-state index in [1.54, 1.807) is 107 Å². The molecule has 0 spiro atoms. The Kier molecular flexibility index (Phi) is 121. The third-order valence-electron chi connectivity index (χ3n) is 12.4. The molecule has 0 amide bonds. The third kappa shape index (κ3) is 84.0. The minimum Gasteiger partial charge on any atom is -0.399 e. The Balaban J connectivity index is 0.000000652. The number of fused-ring (bicyclic) bond motifs is 4. The second kappa shape index (κ2) is 115. The van der Waals surface area contributed by atoms with Gasteiger partial charge in [0.2, 0.25) is 0 Å². The lowest BCUT2D eigenvalue weighted by molar-refractivity contribution is 0.00578. The maximum absolute atomic E-state index is 6.50. The standard InChI is InChI=1S/C37H36BNO2.S106/c1-35(2)31-19-13-12-16-27(31)28-21-20-26(24-32(28)35)39(25-14-8-7-9-15-25)34-23-22-33(29-17-10-11-18-30(29)34)38-40-36(3,4)37(5,6)41-38;1-3-5-7-9-11-13-15-17-19-21-23-25-27-29-31-33-35-37-39-41-43-45-47-49-51-53-55-57-59-61-63-65-67-69-71-73-75-77-79-81-83-85-87-89-91-93-95-97-99-101-103-105-106-104-102-100-98-96-94-92-90-88-86-84-82-80-78-76-74-72-70-68-66-64-62-60-58-56-54-52-50-48-46-44-42-40-38-36-34-32-30-28-26-24-22-20-18-16-14-12-10-8-6-4-2/h7-24H,1-6H3;. The molecule has 1 saturated heterocycles. The molecule has 0 aromatic heterocycles. The topological polar surface area (TPSA) is 21.7 Å². The van der Waals surface area contributed by atoms with Gasteiger partial charge in [0, 0.05) is 968 Å². The van der Waals surface area contributed by atoms with Crippen LogP contribution in [0.1, 0.15) is 52.7 Å². The first-order chi connectivity index (χ1) is 72.5. The maximum atomic E-state index is 6.50. The Morgan fingerprint density at radius 1 is 0.184 bits per heavy atom. The van der Waals surface area contributed by atoms with Crippen LogP contribution in [0.4, 0.5) is 17.1 Å². The van der Waals surface area contributed by atoms with Crippen molar-refractivity contribution in [1.29, 1.82) is 0 Å². The summed E-state index contributed by atoms with van der Waals surface area (Å²) in [6, 6.07) is 39.4. The summed E-state index contributed by atoms with van der Waals surface area (Å²) in [5.41, 5.74) is 8.97. The van der Waals surface area contributed by atoms with Crippen molar-refractivity contribution in [3.8, 4) is 11.1 Å². The van der Waals surface area contributed by atoms with Gasteiger partial charge in [-0.2, -0.15) is 0 Å². The number of rotatable bonds is 4. The zero-order chi connectivity index (χ0) is 104. The molecule has 1 heterocycles. The van der Waals surface area contributed by atoms with Crippen LogP contribution in [-0.2, 0) is 961 Å². The van der Waals surface area contributed by atoms with Crippen LogP contribution in [0.5, 0.6) is 0 Å². The molecule has 0 atom stereocenters. The Morgan fingerprint density at radius 3 is 0.599 bits per heavy atom. The van der Waals surface area contributed by atoms with Crippen molar-refractivity contribution in [2.75, 3.05) is 4.90 Å². The van der Waals surface area contributed by atoms with E-state index in [2.05, 4.69) is 156 Å². The summed E-state index contributed by atoms with van der Waals surface area (Å²) in [5.74, 6) is 0. The van der Waals surface area contributed by atoms with Crippen LogP contribution < -0.4 is 10.4 Å². The first kappa shape index (κ1) is 155. The van der Waals surface area contributed by atoms with E-state index in [0.29, 0.717) is 0 Å². The van der Waals surface area contributed by atoms with Crippen LogP contribution in [0.25, 0.3) is 21.9 Å². The number of nitrogens with zero attached hydrogens (tertiary/aromatic N) is 1. The van der Waals surface area contributed by atoms with E-state index in [-0.39, 0.29) is 5.41 Å². The van der Waals surface area contributed by atoms with Gasteiger partial charge >= 0.3 is 7.12 Å². The number of benzene rings is 5. The molecule has 0 radical (unpaired) electrons. The Morgan fingerprint density at radius 2 is 0.374 bits per heavy atom. The van der Waals surface area contributed by atoms with E-state index in [1.165, 1.54) is 40.0 Å². The highest BCUT2D eigenvalue weighted by Crippen LogP contribution is 2.51. The van der Waals surface area contributed by atoms with Crippen LogP contribution >= 0.6 is 0 Å². The highest BCUT2D eigenvalue weighted by Gasteiger charge is 2.52.